The SMILES string of the molecule is O=C1C[C@H](Nc2ccccc2F)C(=O)N1c1ccc(Br)cc1. The molecule has 1 aliphatic rings. The average molecular weight is 363 g/mol. The van der Waals surface area contributed by atoms with E-state index in [0.29, 0.717) is 5.69 Å². The van der Waals surface area contributed by atoms with Crippen LogP contribution in [-0.4, -0.2) is 17.9 Å². The fourth-order valence-corrected chi connectivity index (χ4v) is 2.64. The van der Waals surface area contributed by atoms with Gasteiger partial charge in [0.2, 0.25) is 5.91 Å². The van der Waals surface area contributed by atoms with Gasteiger partial charge in [-0.3, -0.25) is 9.59 Å². The number of imide groups is 1. The fourth-order valence-electron chi connectivity index (χ4n) is 2.37. The van der Waals surface area contributed by atoms with Crippen LogP contribution < -0.4 is 10.2 Å². The normalized spacial score (nSPS) is 17.9. The van der Waals surface area contributed by atoms with Gasteiger partial charge in [-0.05, 0) is 36.4 Å². The molecule has 0 saturated carbocycles. The minimum atomic E-state index is -0.756. The number of nitrogens with one attached hydrogen (secondary N) is 1. The first-order chi connectivity index (χ1) is 10.6. The zero-order valence-electron chi connectivity index (χ0n) is 11.4. The van der Waals surface area contributed by atoms with Gasteiger partial charge in [0.05, 0.1) is 17.8 Å². The molecule has 1 N–H and O–H groups in total. The van der Waals surface area contributed by atoms with E-state index in [2.05, 4.69) is 21.2 Å². The van der Waals surface area contributed by atoms with Gasteiger partial charge in [0.1, 0.15) is 11.9 Å². The lowest BCUT2D eigenvalue weighted by Crippen LogP contribution is -2.34. The van der Waals surface area contributed by atoms with Crippen LogP contribution in [0.4, 0.5) is 15.8 Å². The number of hydrogen-bond acceptors (Lipinski definition) is 3. The number of nitrogens with zero attached hydrogens (tertiary/aromatic N) is 1. The van der Waals surface area contributed by atoms with Crippen molar-refractivity contribution in [2.45, 2.75) is 12.5 Å². The van der Waals surface area contributed by atoms with Crippen LogP contribution in [0.5, 0.6) is 0 Å². The largest absolute Gasteiger partial charge is 0.371 e. The van der Waals surface area contributed by atoms with Crippen molar-refractivity contribution in [3.63, 3.8) is 0 Å². The van der Waals surface area contributed by atoms with Gasteiger partial charge in [-0.2, -0.15) is 0 Å². The maximum absolute atomic E-state index is 13.7. The van der Waals surface area contributed by atoms with Crippen LogP contribution in [0.2, 0.25) is 0 Å². The van der Waals surface area contributed by atoms with Crippen LogP contribution in [-0.2, 0) is 9.59 Å². The van der Waals surface area contributed by atoms with Crippen molar-refractivity contribution in [1.82, 2.24) is 0 Å². The second kappa shape index (κ2) is 5.88. The van der Waals surface area contributed by atoms with Crippen molar-refractivity contribution in [3.8, 4) is 0 Å². The third-order valence-electron chi connectivity index (χ3n) is 3.44. The van der Waals surface area contributed by atoms with E-state index in [1.165, 1.54) is 12.1 Å². The maximum atomic E-state index is 13.7. The van der Waals surface area contributed by atoms with Crippen LogP contribution in [0.15, 0.2) is 53.0 Å². The molecule has 0 unspecified atom stereocenters. The molecular weight excluding hydrogens is 351 g/mol. The highest BCUT2D eigenvalue weighted by atomic mass is 79.9. The molecule has 3 rings (SSSR count). The summed E-state index contributed by atoms with van der Waals surface area (Å²) < 4.78 is 14.5. The van der Waals surface area contributed by atoms with Gasteiger partial charge >= 0.3 is 0 Å². The number of rotatable bonds is 3. The first-order valence-electron chi connectivity index (χ1n) is 6.69. The van der Waals surface area contributed by atoms with Crippen molar-refractivity contribution in [2.75, 3.05) is 10.2 Å². The predicted octanol–water partition coefficient (Wildman–Crippen LogP) is 3.33. The van der Waals surface area contributed by atoms with Gasteiger partial charge in [0, 0.05) is 4.47 Å². The van der Waals surface area contributed by atoms with Crippen molar-refractivity contribution < 1.29 is 14.0 Å². The van der Waals surface area contributed by atoms with E-state index in [9.17, 15) is 14.0 Å². The highest BCUT2D eigenvalue weighted by Gasteiger charge is 2.39. The predicted molar refractivity (Wildman–Crippen MR) is 85.1 cm³/mol. The Labute approximate surface area is 135 Å². The van der Waals surface area contributed by atoms with E-state index >= 15 is 0 Å². The molecule has 22 heavy (non-hydrogen) atoms. The third kappa shape index (κ3) is 2.74. The van der Waals surface area contributed by atoms with E-state index < -0.39 is 11.9 Å². The number of hydrogen-bond donors (Lipinski definition) is 1. The van der Waals surface area contributed by atoms with Crippen molar-refractivity contribution in [2.24, 2.45) is 0 Å². The summed E-state index contributed by atoms with van der Waals surface area (Å²) in [6, 6.07) is 12.2. The summed E-state index contributed by atoms with van der Waals surface area (Å²) in [5, 5.41) is 2.80. The smallest absolute Gasteiger partial charge is 0.256 e. The highest BCUT2D eigenvalue weighted by Crippen LogP contribution is 2.26. The maximum Gasteiger partial charge on any atom is 0.256 e. The fraction of sp³-hybridized carbons (Fsp3) is 0.125. The molecule has 2 amide bonds. The molecule has 2 aromatic carbocycles. The van der Waals surface area contributed by atoms with Crippen molar-refractivity contribution >= 4 is 39.1 Å². The summed E-state index contributed by atoms with van der Waals surface area (Å²) in [6.07, 6.45) is 0.00321. The number of para-hydroxylation sites is 1. The molecule has 112 valence electrons. The Morgan fingerprint density at radius 1 is 1.09 bits per heavy atom. The van der Waals surface area contributed by atoms with E-state index in [1.54, 1.807) is 36.4 Å². The number of carbonyl (C=O) groups excluding carboxylic acids is 2. The highest BCUT2D eigenvalue weighted by molar-refractivity contribution is 9.10. The number of amides is 2. The molecule has 1 atom stereocenters. The number of carbonyl (C=O) groups is 2. The molecule has 0 spiro atoms. The molecular formula is C16H12BrFN2O2. The molecule has 2 aromatic rings. The second-order valence-electron chi connectivity index (χ2n) is 4.92. The molecule has 1 heterocycles. The van der Waals surface area contributed by atoms with Gasteiger partial charge in [0.25, 0.3) is 5.91 Å². The van der Waals surface area contributed by atoms with Crippen LogP contribution in [0.25, 0.3) is 0 Å². The Kier molecular flexibility index (Phi) is 3.94. The summed E-state index contributed by atoms with van der Waals surface area (Å²) in [7, 11) is 0. The Morgan fingerprint density at radius 3 is 2.45 bits per heavy atom. The summed E-state index contributed by atoms with van der Waals surface area (Å²) >= 11 is 3.31. The molecule has 1 fully saturated rings. The molecule has 0 radical (unpaired) electrons. The Morgan fingerprint density at radius 2 is 1.77 bits per heavy atom. The number of halogens is 2. The van der Waals surface area contributed by atoms with Crippen LogP contribution in [0.3, 0.4) is 0 Å². The van der Waals surface area contributed by atoms with Gasteiger partial charge < -0.3 is 5.32 Å². The van der Waals surface area contributed by atoms with Gasteiger partial charge in [-0.15, -0.1) is 0 Å². The molecule has 0 aliphatic carbocycles. The van der Waals surface area contributed by atoms with E-state index in [1.807, 2.05) is 0 Å². The molecule has 1 saturated heterocycles. The topological polar surface area (TPSA) is 49.4 Å². The van der Waals surface area contributed by atoms with E-state index in [0.717, 1.165) is 9.37 Å². The third-order valence-corrected chi connectivity index (χ3v) is 3.96. The van der Waals surface area contributed by atoms with Crippen LogP contribution in [0, 0.1) is 5.82 Å². The molecule has 0 aromatic heterocycles. The zero-order chi connectivity index (χ0) is 15.7. The molecule has 6 heteroatoms. The van der Waals surface area contributed by atoms with Gasteiger partial charge in [-0.25, -0.2) is 9.29 Å². The number of anilines is 2. The average Bonchev–Trinajstić information content (AvgIpc) is 2.77. The lowest BCUT2D eigenvalue weighted by Gasteiger charge is -2.16. The van der Waals surface area contributed by atoms with E-state index in [-0.39, 0.29) is 23.9 Å². The monoisotopic (exact) mass is 362 g/mol. The Bertz CT molecular complexity index is 733. The Hall–Kier alpha value is -2.21. The lowest BCUT2D eigenvalue weighted by molar-refractivity contribution is -0.121. The summed E-state index contributed by atoms with van der Waals surface area (Å²) in [5.41, 5.74) is 0.724. The summed E-state index contributed by atoms with van der Waals surface area (Å²) in [6.45, 7) is 0. The Balaban J connectivity index is 1.82. The first-order valence-corrected chi connectivity index (χ1v) is 7.49. The zero-order valence-corrected chi connectivity index (χ0v) is 13.0. The molecule has 4 nitrogen and oxygen atoms in total. The van der Waals surface area contributed by atoms with Crippen LogP contribution >= 0.6 is 15.9 Å². The van der Waals surface area contributed by atoms with Gasteiger partial charge in [-0.1, -0.05) is 28.1 Å². The van der Waals surface area contributed by atoms with Gasteiger partial charge in [0.15, 0.2) is 0 Å². The second-order valence-corrected chi connectivity index (χ2v) is 5.84. The summed E-state index contributed by atoms with van der Waals surface area (Å²) in [4.78, 5) is 25.7. The minimum absolute atomic E-state index is 0.00321. The van der Waals surface area contributed by atoms with E-state index in [4.69, 9.17) is 0 Å². The van der Waals surface area contributed by atoms with Crippen molar-refractivity contribution in [1.29, 1.82) is 0 Å². The standard InChI is InChI=1S/C16H12BrFN2O2/c17-10-5-7-11(8-6-10)20-15(21)9-14(16(20)22)19-13-4-2-1-3-12(13)18/h1-8,14,19H,9H2/t14-/m0/s1. The van der Waals surface area contributed by atoms with Crippen LogP contribution in [0.1, 0.15) is 6.42 Å². The lowest BCUT2D eigenvalue weighted by atomic mass is 10.2. The number of benzene rings is 2. The molecule has 0 bridgehead atoms. The molecule has 1 aliphatic heterocycles. The first kappa shape index (κ1) is 14.7. The minimum Gasteiger partial charge on any atom is -0.371 e. The quantitative estimate of drug-likeness (QED) is 0.852. The summed E-state index contributed by atoms with van der Waals surface area (Å²) in [5.74, 6) is -1.14. The van der Waals surface area contributed by atoms with Crippen molar-refractivity contribution in [3.05, 3.63) is 58.8 Å².